The summed E-state index contributed by atoms with van der Waals surface area (Å²) in [6.45, 7) is 3.64. The van der Waals surface area contributed by atoms with Crippen molar-refractivity contribution < 1.29 is 19.1 Å². The molecule has 5 rings (SSSR count). The Labute approximate surface area is 193 Å². The van der Waals surface area contributed by atoms with Gasteiger partial charge in [-0.05, 0) is 50.2 Å². The maximum atomic E-state index is 13.3. The number of fused-ring (bicyclic) bond motifs is 1. The number of ether oxygens (including phenoxy) is 1. The fourth-order valence-electron chi connectivity index (χ4n) is 4.25. The molecule has 10 heteroatoms. The Morgan fingerprint density at radius 1 is 1.12 bits per heavy atom. The van der Waals surface area contributed by atoms with Gasteiger partial charge in [0.05, 0.1) is 40.4 Å². The summed E-state index contributed by atoms with van der Waals surface area (Å²) in [5, 5.41) is 2.97. The van der Waals surface area contributed by atoms with Crippen LogP contribution in [0.1, 0.15) is 40.9 Å². The van der Waals surface area contributed by atoms with E-state index < -0.39 is 29.3 Å². The minimum atomic E-state index is -0.924. The van der Waals surface area contributed by atoms with Gasteiger partial charge in [-0.3, -0.25) is 24.4 Å². The van der Waals surface area contributed by atoms with Gasteiger partial charge in [-0.25, -0.2) is 9.78 Å². The molecule has 2 aromatic carbocycles. The van der Waals surface area contributed by atoms with Crippen LogP contribution in [0.5, 0.6) is 0 Å². The second-order valence-corrected chi connectivity index (χ2v) is 7.96. The molecule has 34 heavy (non-hydrogen) atoms. The molecule has 4 aromatic rings. The van der Waals surface area contributed by atoms with Crippen molar-refractivity contribution in [2.75, 3.05) is 11.5 Å². The van der Waals surface area contributed by atoms with Gasteiger partial charge in [0, 0.05) is 12.1 Å². The lowest BCUT2D eigenvalue weighted by molar-refractivity contribution is -0.121. The van der Waals surface area contributed by atoms with Crippen molar-refractivity contribution in [3.63, 3.8) is 0 Å². The van der Waals surface area contributed by atoms with Gasteiger partial charge < -0.3 is 9.72 Å². The Morgan fingerprint density at radius 2 is 1.85 bits per heavy atom. The van der Waals surface area contributed by atoms with E-state index >= 15 is 0 Å². The maximum Gasteiger partial charge on any atom is 0.338 e. The third-order valence-corrected chi connectivity index (χ3v) is 5.84. The molecular weight excluding hydrogens is 438 g/mol. The average Bonchev–Trinajstić information content (AvgIpc) is 3.47. The van der Waals surface area contributed by atoms with E-state index in [9.17, 15) is 19.2 Å². The first-order chi connectivity index (χ1) is 16.4. The van der Waals surface area contributed by atoms with E-state index in [0.717, 1.165) is 10.4 Å². The summed E-state index contributed by atoms with van der Waals surface area (Å²) in [4.78, 5) is 59.8. The second-order valence-electron chi connectivity index (χ2n) is 7.96. The predicted molar refractivity (Wildman–Crippen MR) is 123 cm³/mol. The number of imide groups is 1. The Bertz CT molecular complexity index is 1460. The number of aromatic nitrogens is 4. The highest BCUT2D eigenvalue weighted by atomic mass is 16.5. The van der Waals surface area contributed by atoms with Crippen LogP contribution in [-0.4, -0.2) is 44.1 Å². The molecule has 0 bridgehead atoms. The number of hydrogen-bond acceptors (Lipinski definition) is 6. The van der Waals surface area contributed by atoms with Crippen molar-refractivity contribution in [2.45, 2.75) is 26.2 Å². The normalized spacial score (nSPS) is 15.9. The van der Waals surface area contributed by atoms with E-state index in [1.54, 1.807) is 13.8 Å². The fraction of sp³-hybridized carbons (Fsp3) is 0.208. The molecule has 1 saturated heterocycles. The molecule has 10 nitrogen and oxygen atoms in total. The zero-order chi connectivity index (χ0) is 24.0. The van der Waals surface area contributed by atoms with E-state index in [0.29, 0.717) is 28.4 Å². The third kappa shape index (κ3) is 3.40. The van der Waals surface area contributed by atoms with E-state index in [4.69, 9.17) is 4.74 Å². The number of para-hydroxylation sites is 2. The largest absolute Gasteiger partial charge is 0.462 e. The van der Waals surface area contributed by atoms with Crippen LogP contribution in [0, 0.1) is 6.92 Å². The first kappa shape index (κ1) is 21.4. The lowest BCUT2D eigenvalue weighted by Crippen LogP contribution is -2.31. The number of nitrogens with zero attached hydrogens (tertiary/aromatic N) is 3. The Balaban J connectivity index is 1.46. The molecule has 1 unspecified atom stereocenters. The maximum absolute atomic E-state index is 13.3. The molecule has 2 aromatic heterocycles. The standard InChI is InChI=1S/C24H21N5O5/c1-3-34-23(33)14-8-10-15(11-9-14)28-19(30)12-16(21(28)31)20-13(2)27-29(22(20)32)24-25-17-6-4-5-7-18(17)26-24/h4-11,16,27H,3,12H2,1-2H3,(H,25,26). The van der Waals surface area contributed by atoms with E-state index in [2.05, 4.69) is 15.1 Å². The lowest BCUT2D eigenvalue weighted by Gasteiger charge is -2.15. The molecule has 172 valence electrons. The Hall–Kier alpha value is -4.47. The quantitative estimate of drug-likeness (QED) is 0.348. The highest BCUT2D eigenvalue weighted by molar-refractivity contribution is 6.22. The highest BCUT2D eigenvalue weighted by Crippen LogP contribution is 2.33. The Morgan fingerprint density at radius 3 is 2.56 bits per heavy atom. The summed E-state index contributed by atoms with van der Waals surface area (Å²) in [6.07, 6.45) is -0.132. The number of H-pyrrole nitrogens is 2. The third-order valence-electron chi connectivity index (χ3n) is 5.84. The van der Waals surface area contributed by atoms with Gasteiger partial charge in [-0.15, -0.1) is 0 Å². The van der Waals surface area contributed by atoms with Gasteiger partial charge in [-0.2, -0.15) is 4.68 Å². The van der Waals surface area contributed by atoms with Crippen molar-refractivity contribution in [2.24, 2.45) is 0 Å². The number of nitrogens with one attached hydrogen (secondary N) is 2. The van der Waals surface area contributed by atoms with Crippen molar-refractivity contribution in [1.29, 1.82) is 0 Å². The Kier molecular flexibility index (Phi) is 5.12. The van der Waals surface area contributed by atoms with Crippen LogP contribution >= 0.6 is 0 Å². The molecule has 2 amide bonds. The summed E-state index contributed by atoms with van der Waals surface area (Å²) >= 11 is 0. The predicted octanol–water partition coefficient (Wildman–Crippen LogP) is 2.57. The molecule has 1 fully saturated rings. The molecular formula is C24H21N5O5. The van der Waals surface area contributed by atoms with Crippen LogP contribution in [0.3, 0.4) is 0 Å². The van der Waals surface area contributed by atoms with Crippen LogP contribution in [0.4, 0.5) is 5.69 Å². The number of esters is 1. The summed E-state index contributed by atoms with van der Waals surface area (Å²) in [6, 6.07) is 13.4. The molecule has 0 spiro atoms. The number of carbonyl (C=O) groups is 3. The number of amides is 2. The summed E-state index contributed by atoms with van der Waals surface area (Å²) in [7, 11) is 0. The van der Waals surface area contributed by atoms with Gasteiger partial charge in [0.1, 0.15) is 0 Å². The number of hydrogen-bond donors (Lipinski definition) is 2. The molecule has 1 aliphatic heterocycles. The van der Waals surface area contributed by atoms with Gasteiger partial charge >= 0.3 is 5.97 Å². The van der Waals surface area contributed by atoms with Crippen LogP contribution in [0.2, 0.25) is 0 Å². The fourth-order valence-corrected chi connectivity index (χ4v) is 4.25. The number of anilines is 1. The van der Waals surface area contributed by atoms with Crippen LogP contribution in [0.15, 0.2) is 53.3 Å². The first-order valence-electron chi connectivity index (χ1n) is 10.8. The summed E-state index contributed by atoms with van der Waals surface area (Å²) in [5.74, 6) is -2.03. The number of rotatable bonds is 5. The molecule has 0 aliphatic carbocycles. The first-order valence-corrected chi connectivity index (χ1v) is 10.8. The molecule has 3 heterocycles. The molecule has 0 radical (unpaired) electrons. The topological polar surface area (TPSA) is 130 Å². The molecule has 0 saturated carbocycles. The van der Waals surface area contributed by atoms with E-state index in [1.165, 1.54) is 28.9 Å². The molecule has 2 N–H and O–H groups in total. The van der Waals surface area contributed by atoms with E-state index in [-0.39, 0.29) is 18.6 Å². The number of imidazole rings is 1. The highest BCUT2D eigenvalue weighted by Gasteiger charge is 2.43. The van der Waals surface area contributed by atoms with Crippen molar-refractivity contribution in [1.82, 2.24) is 19.7 Å². The summed E-state index contributed by atoms with van der Waals surface area (Å²) in [5.41, 5.74) is 2.38. The molecule has 1 atom stereocenters. The average molecular weight is 459 g/mol. The van der Waals surface area contributed by atoms with Gasteiger partial charge in [0.25, 0.3) is 5.56 Å². The van der Waals surface area contributed by atoms with E-state index in [1.807, 2.05) is 24.3 Å². The lowest BCUT2D eigenvalue weighted by atomic mass is 9.98. The number of aryl methyl sites for hydroxylation is 1. The monoisotopic (exact) mass is 459 g/mol. The minimum absolute atomic E-state index is 0.132. The van der Waals surface area contributed by atoms with Crippen molar-refractivity contribution in [3.8, 4) is 5.95 Å². The zero-order valence-electron chi connectivity index (χ0n) is 18.5. The SMILES string of the molecule is CCOC(=O)c1ccc(N2C(=O)CC(c3c(C)[nH]n(-c4nc5ccccc5[nH]4)c3=O)C2=O)cc1. The number of aromatic amines is 2. The number of carbonyl (C=O) groups excluding carboxylic acids is 3. The van der Waals surface area contributed by atoms with Gasteiger partial charge in [0.15, 0.2) is 0 Å². The van der Waals surface area contributed by atoms with Crippen LogP contribution in [0.25, 0.3) is 17.0 Å². The second kappa shape index (κ2) is 8.14. The smallest absolute Gasteiger partial charge is 0.338 e. The summed E-state index contributed by atoms with van der Waals surface area (Å²) < 4.78 is 6.21. The van der Waals surface area contributed by atoms with Gasteiger partial charge in [0.2, 0.25) is 17.8 Å². The van der Waals surface area contributed by atoms with Crippen LogP contribution in [-0.2, 0) is 14.3 Å². The van der Waals surface area contributed by atoms with Crippen molar-refractivity contribution in [3.05, 3.63) is 75.7 Å². The van der Waals surface area contributed by atoms with Crippen molar-refractivity contribution >= 4 is 34.5 Å². The van der Waals surface area contributed by atoms with Crippen LogP contribution < -0.4 is 10.5 Å². The zero-order valence-corrected chi connectivity index (χ0v) is 18.5. The number of benzene rings is 2. The molecule has 1 aliphatic rings. The van der Waals surface area contributed by atoms with Gasteiger partial charge in [-0.1, -0.05) is 12.1 Å². The minimum Gasteiger partial charge on any atom is -0.462 e.